The van der Waals surface area contributed by atoms with Gasteiger partial charge in [-0.2, -0.15) is 0 Å². The molecule has 0 radical (unpaired) electrons. The number of rotatable bonds is 7. The summed E-state index contributed by atoms with van der Waals surface area (Å²) < 4.78 is 0. The van der Waals surface area contributed by atoms with Crippen LogP contribution < -0.4 is 39.9 Å². The van der Waals surface area contributed by atoms with E-state index in [1.165, 1.54) is 20.9 Å². The van der Waals surface area contributed by atoms with E-state index in [1.807, 2.05) is 0 Å². The quantitative estimate of drug-likeness (QED) is 0.206. The molecule has 0 spiro atoms. The summed E-state index contributed by atoms with van der Waals surface area (Å²) in [6.07, 6.45) is 0.892. The normalized spacial score (nSPS) is 11.4. The molecule has 5 rings (SSSR count). The maximum absolute atomic E-state index is 5.10. The number of nitrogens with zero attached hydrogens (tertiary/aromatic N) is 2. The van der Waals surface area contributed by atoms with E-state index in [4.69, 9.17) is 9.97 Å². The molecule has 0 aliphatic heterocycles. The van der Waals surface area contributed by atoms with Crippen molar-refractivity contribution >= 4 is 45.8 Å². The second-order valence-electron chi connectivity index (χ2n) is 8.34. The van der Waals surface area contributed by atoms with Crippen molar-refractivity contribution in [3.63, 3.8) is 0 Å². The van der Waals surface area contributed by atoms with Crippen molar-refractivity contribution in [1.82, 2.24) is 9.97 Å². The molecular weight excluding hydrogens is 586 g/mol. The highest BCUT2D eigenvalue weighted by Gasteiger charge is 2.46. The lowest BCUT2D eigenvalue weighted by atomic mass is 10.2. The van der Waals surface area contributed by atoms with Gasteiger partial charge < -0.3 is 24.0 Å². The van der Waals surface area contributed by atoms with Crippen LogP contribution in [0.2, 0.25) is 0 Å². The van der Waals surface area contributed by atoms with Crippen LogP contribution in [0.1, 0.15) is 30.5 Å². The summed E-state index contributed by atoms with van der Waals surface area (Å²) in [4.78, 5) is 9.94. The molecule has 0 fully saturated rings. The summed E-state index contributed by atoms with van der Waals surface area (Å²) in [7, 11) is -1.94. The summed E-state index contributed by atoms with van der Waals surface area (Å²) in [5.74, 6) is 0.441. The third kappa shape index (κ3) is 5.03. The van der Waals surface area contributed by atoms with Crippen LogP contribution in [0.15, 0.2) is 102 Å². The first-order valence-corrected chi connectivity index (χ1v) is 14.9. The van der Waals surface area contributed by atoms with Crippen molar-refractivity contribution in [3.05, 3.63) is 112 Å². The number of hydrogen-bond donors (Lipinski definition) is 0. The second kappa shape index (κ2) is 11.2. The van der Waals surface area contributed by atoms with Gasteiger partial charge >= 0.3 is 0 Å². The molecule has 0 aliphatic carbocycles. The molecular formula is C28H26IN2PS2. The summed E-state index contributed by atoms with van der Waals surface area (Å²) in [6.45, 7) is 4.38. The molecule has 0 amide bonds. The standard InChI is InChI=1S/C28H26N2PS2.HI/c1-21(2)27-30-26(20-33-27)28-29-22(19-32-28)18-31(23-12-6-3-7-13-23,24-14-8-4-9-15-24)25-16-10-5-11-17-25;/h3-17,19-21H,18H2,1-2H3;1H/q+1;/p-1. The van der Waals surface area contributed by atoms with Crippen LogP contribution in [0.25, 0.3) is 10.7 Å². The van der Waals surface area contributed by atoms with Crippen LogP contribution in [0.3, 0.4) is 0 Å². The molecule has 0 saturated carbocycles. The lowest BCUT2D eigenvalue weighted by molar-refractivity contribution is -0.00000659. The predicted molar refractivity (Wildman–Crippen MR) is 146 cm³/mol. The lowest BCUT2D eigenvalue weighted by Crippen LogP contribution is -3.00. The Morgan fingerprint density at radius 2 is 1.18 bits per heavy atom. The van der Waals surface area contributed by atoms with Gasteiger partial charge in [0.05, 0.1) is 10.7 Å². The van der Waals surface area contributed by atoms with Gasteiger partial charge in [0.15, 0.2) is 0 Å². The van der Waals surface area contributed by atoms with E-state index in [9.17, 15) is 0 Å². The Balaban J connectivity index is 0.00000274. The molecule has 34 heavy (non-hydrogen) atoms. The van der Waals surface area contributed by atoms with Gasteiger partial charge in [-0.05, 0) is 36.4 Å². The smallest absolute Gasteiger partial charge is 0.143 e. The van der Waals surface area contributed by atoms with Crippen molar-refractivity contribution in [2.24, 2.45) is 0 Å². The fraction of sp³-hybridized carbons (Fsp3) is 0.143. The van der Waals surface area contributed by atoms with Crippen molar-refractivity contribution < 1.29 is 24.0 Å². The van der Waals surface area contributed by atoms with Crippen LogP contribution in [-0.4, -0.2) is 9.97 Å². The molecule has 0 bridgehead atoms. The van der Waals surface area contributed by atoms with Crippen LogP contribution in [0.4, 0.5) is 0 Å². The summed E-state index contributed by atoms with van der Waals surface area (Å²) in [5.41, 5.74) is 2.14. The van der Waals surface area contributed by atoms with Gasteiger partial charge in [0, 0.05) is 16.7 Å². The van der Waals surface area contributed by atoms with E-state index in [2.05, 4.69) is 116 Å². The molecule has 6 heteroatoms. The maximum atomic E-state index is 5.10. The highest BCUT2D eigenvalue weighted by molar-refractivity contribution is 7.95. The van der Waals surface area contributed by atoms with Crippen molar-refractivity contribution in [1.29, 1.82) is 0 Å². The van der Waals surface area contributed by atoms with E-state index in [0.29, 0.717) is 5.92 Å². The van der Waals surface area contributed by atoms with Gasteiger partial charge in [0.25, 0.3) is 0 Å². The molecule has 2 nitrogen and oxygen atoms in total. The molecule has 0 aliphatic rings. The van der Waals surface area contributed by atoms with Crippen LogP contribution in [0, 0.1) is 0 Å². The third-order valence-corrected chi connectivity index (χ3v) is 12.2. The Labute approximate surface area is 227 Å². The number of aromatic nitrogens is 2. The zero-order chi connectivity index (χ0) is 22.7. The molecule has 0 unspecified atom stereocenters. The average molecular weight is 613 g/mol. The van der Waals surface area contributed by atoms with Gasteiger partial charge in [-0.1, -0.05) is 68.4 Å². The Bertz CT molecular complexity index is 1220. The molecule has 0 N–H and O–H groups in total. The van der Waals surface area contributed by atoms with Gasteiger partial charge in [-0.15, -0.1) is 22.7 Å². The van der Waals surface area contributed by atoms with Crippen molar-refractivity contribution in [2.45, 2.75) is 25.9 Å². The number of thiazole rings is 2. The number of hydrogen-bond acceptors (Lipinski definition) is 4. The molecule has 0 saturated heterocycles. The van der Waals surface area contributed by atoms with Gasteiger partial charge in [0.1, 0.15) is 40.0 Å². The van der Waals surface area contributed by atoms with Crippen LogP contribution in [0.5, 0.6) is 0 Å². The van der Waals surface area contributed by atoms with Gasteiger partial charge in [-0.25, -0.2) is 9.97 Å². The van der Waals surface area contributed by atoms with Crippen LogP contribution >= 0.6 is 29.9 Å². The second-order valence-corrected chi connectivity index (χ2v) is 13.6. The minimum Gasteiger partial charge on any atom is -1.00 e. The first-order valence-electron chi connectivity index (χ1n) is 11.1. The molecule has 2 heterocycles. The average Bonchev–Trinajstić information content (AvgIpc) is 3.54. The number of halogens is 1. The zero-order valence-corrected chi connectivity index (χ0v) is 23.8. The predicted octanol–water partition coefficient (Wildman–Crippen LogP) is 3.89. The fourth-order valence-corrected chi connectivity index (χ4v) is 10.1. The topological polar surface area (TPSA) is 25.8 Å². The Hall–Kier alpha value is -1.92. The molecule has 2 aromatic heterocycles. The molecule has 0 atom stereocenters. The van der Waals surface area contributed by atoms with E-state index in [1.54, 1.807) is 22.7 Å². The largest absolute Gasteiger partial charge is 1.00 e. The monoisotopic (exact) mass is 612 g/mol. The van der Waals surface area contributed by atoms with Crippen molar-refractivity contribution in [2.75, 3.05) is 0 Å². The fourth-order valence-electron chi connectivity index (χ4n) is 4.16. The Morgan fingerprint density at radius 3 is 1.62 bits per heavy atom. The first-order chi connectivity index (χ1) is 16.2. The Morgan fingerprint density at radius 1 is 0.676 bits per heavy atom. The number of benzene rings is 3. The lowest BCUT2D eigenvalue weighted by Gasteiger charge is -2.27. The van der Waals surface area contributed by atoms with Gasteiger partial charge in [0.2, 0.25) is 0 Å². The van der Waals surface area contributed by atoms with Gasteiger partial charge in [-0.3, -0.25) is 0 Å². The molecule has 3 aromatic carbocycles. The van der Waals surface area contributed by atoms with E-state index >= 15 is 0 Å². The van der Waals surface area contributed by atoms with Crippen LogP contribution in [-0.2, 0) is 6.16 Å². The molecule has 5 aromatic rings. The first kappa shape index (κ1) is 25.2. The highest BCUT2D eigenvalue weighted by Crippen LogP contribution is 2.58. The van der Waals surface area contributed by atoms with Crippen molar-refractivity contribution in [3.8, 4) is 10.7 Å². The summed E-state index contributed by atoms with van der Waals surface area (Å²) >= 11 is 3.43. The molecule has 172 valence electrons. The SMILES string of the molecule is CC(C)c1nc(-c2nc(C[P+](c3ccccc3)(c3ccccc3)c3ccccc3)cs2)cs1.[I-]. The zero-order valence-electron chi connectivity index (χ0n) is 19.1. The minimum atomic E-state index is -1.94. The Kier molecular flexibility index (Phi) is 8.30. The minimum absolute atomic E-state index is 0. The maximum Gasteiger partial charge on any atom is 0.143 e. The summed E-state index contributed by atoms with van der Waals surface area (Å²) in [5, 5.41) is 10.7. The third-order valence-electron chi connectivity index (χ3n) is 5.78. The van der Waals surface area contributed by atoms with E-state index in [-0.39, 0.29) is 24.0 Å². The highest BCUT2D eigenvalue weighted by atomic mass is 127. The van der Waals surface area contributed by atoms with E-state index in [0.717, 1.165) is 22.6 Å². The van der Waals surface area contributed by atoms with E-state index < -0.39 is 7.26 Å². The summed E-state index contributed by atoms with van der Waals surface area (Å²) in [6, 6.07) is 33.0.